The average Bonchev–Trinajstić information content (AvgIpc) is 3.07. The molecular formula is C42H66O4. The van der Waals surface area contributed by atoms with Crippen molar-refractivity contribution in [3.63, 3.8) is 0 Å². The summed E-state index contributed by atoms with van der Waals surface area (Å²) in [5.41, 5.74) is 0. The largest absolute Gasteiger partial charge is 0.493 e. The molecule has 0 saturated heterocycles. The molecule has 3 rings (SSSR count). The van der Waals surface area contributed by atoms with E-state index in [1.165, 1.54) is 103 Å². The molecule has 4 nitrogen and oxygen atoms in total. The summed E-state index contributed by atoms with van der Waals surface area (Å²) in [6, 6.07) is 12.8. The molecule has 0 fully saturated rings. The van der Waals surface area contributed by atoms with Gasteiger partial charge in [0.25, 0.3) is 0 Å². The molecule has 3 aromatic carbocycles. The van der Waals surface area contributed by atoms with Crippen LogP contribution in [-0.4, -0.2) is 26.4 Å². The minimum atomic E-state index is 0.694. The van der Waals surface area contributed by atoms with E-state index in [2.05, 4.69) is 64.1 Å². The highest BCUT2D eigenvalue weighted by molar-refractivity contribution is 6.15. The molecular weight excluding hydrogens is 568 g/mol. The first-order valence-electron chi connectivity index (χ1n) is 19.3. The van der Waals surface area contributed by atoms with Crippen LogP contribution in [-0.2, 0) is 0 Å². The number of rotatable bonds is 28. The average molecular weight is 635 g/mol. The number of hydrogen-bond donors (Lipinski definition) is 0. The smallest absolute Gasteiger partial charge is 0.139 e. The van der Waals surface area contributed by atoms with Gasteiger partial charge in [-0.1, -0.05) is 155 Å². The predicted octanol–water partition coefficient (Wildman–Crippen LogP) is 13.4. The zero-order valence-electron chi connectivity index (χ0n) is 30.1. The monoisotopic (exact) mass is 634 g/mol. The zero-order valence-corrected chi connectivity index (χ0v) is 30.1. The highest BCUT2D eigenvalue weighted by Gasteiger charge is 2.22. The maximum absolute atomic E-state index is 6.77. The Hall–Kier alpha value is -2.62. The Morgan fingerprint density at radius 3 is 0.978 bits per heavy atom. The number of fused-ring (bicyclic) bond motifs is 2. The van der Waals surface area contributed by atoms with Crippen LogP contribution in [0, 0.1) is 0 Å². The normalized spacial score (nSPS) is 11.4. The second kappa shape index (κ2) is 23.7. The molecule has 0 heterocycles. The number of unbranched alkanes of at least 4 members (excludes halogenated alkanes) is 16. The van der Waals surface area contributed by atoms with Gasteiger partial charge in [-0.2, -0.15) is 0 Å². The van der Waals surface area contributed by atoms with Crippen molar-refractivity contribution in [3.05, 3.63) is 36.4 Å². The van der Waals surface area contributed by atoms with E-state index in [0.29, 0.717) is 26.4 Å². The van der Waals surface area contributed by atoms with Crippen molar-refractivity contribution in [2.75, 3.05) is 26.4 Å². The summed E-state index contributed by atoms with van der Waals surface area (Å²) >= 11 is 0. The number of hydrogen-bond acceptors (Lipinski definition) is 4. The Morgan fingerprint density at radius 1 is 0.348 bits per heavy atom. The van der Waals surface area contributed by atoms with Crippen molar-refractivity contribution in [2.45, 2.75) is 156 Å². The zero-order chi connectivity index (χ0) is 32.7. The predicted molar refractivity (Wildman–Crippen MR) is 198 cm³/mol. The fourth-order valence-corrected chi connectivity index (χ4v) is 6.25. The van der Waals surface area contributed by atoms with Crippen LogP contribution in [0.15, 0.2) is 36.4 Å². The summed E-state index contributed by atoms with van der Waals surface area (Å²) in [5, 5.41) is 4.19. The van der Waals surface area contributed by atoms with Gasteiger partial charge in [-0.3, -0.25) is 0 Å². The molecule has 0 unspecified atom stereocenters. The molecule has 0 aliphatic rings. The fraction of sp³-hybridized carbons (Fsp3) is 0.667. The Labute approximate surface area is 281 Å². The minimum Gasteiger partial charge on any atom is -0.493 e. The van der Waals surface area contributed by atoms with E-state index in [4.69, 9.17) is 18.9 Å². The highest BCUT2D eigenvalue weighted by Crippen LogP contribution is 2.49. The Morgan fingerprint density at radius 2 is 0.652 bits per heavy atom. The van der Waals surface area contributed by atoms with E-state index in [1.807, 2.05) is 0 Å². The summed E-state index contributed by atoms with van der Waals surface area (Å²) in [7, 11) is 0. The molecule has 0 spiro atoms. The quantitative estimate of drug-likeness (QED) is 0.0588. The first-order valence-corrected chi connectivity index (χ1v) is 19.3. The van der Waals surface area contributed by atoms with E-state index < -0.39 is 0 Å². The lowest BCUT2D eigenvalue weighted by atomic mass is 9.98. The molecule has 0 aromatic heterocycles. The van der Waals surface area contributed by atoms with Crippen LogP contribution in [0.25, 0.3) is 21.5 Å². The first kappa shape index (κ1) is 37.8. The molecule has 3 aromatic rings. The lowest BCUT2D eigenvalue weighted by Gasteiger charge is -2.22. The third kappa shape index (κ3) is 12.5. The van der Waals surface area contributed by atoms with Gasteiger partial charge in [0, 0.05) is 10.8 Å². The molecule has 0 aliphatic heterocycles. The molecule has 0 aliphatic carbocycles. The third-order valence-corrected chi connectivity index (χ3v) is 9.00. The second-order valence-electron chi connectivity index (χ2n) is 13.1. The van der Waals surface area contributed by atoms with Crippen molar-refractivity contribution in [2.24, 2.45) is 0 Å². The summed E-state index contributed by atoms with van der Waals surface area (Å²) in [4.78, 5) is 0. The van der Waals surface area contributed by atoms with Crippen LogP contribution in [0.1, 0.15) is 156 Å². The van der Waals surface area contributed by atoms with Crippen molar-refractivity contribution in [1.29, 1.82) is 0 Å². The molecule has 0 N–H and O–H groups in total. The third-order valence-electron chi connectivity index (χ3n) is 9.00. The molecule has 4 heteroatoms. The highest BCUT2D eigenvalue weighted by atomic mass is 16.5. The molecule has 0 radical (unpaired) electrons. The fourth-order valence-electron chi connectivity index (χ4n) is 6.25. The number of benzene rings is 3. The minimum absolute atomic E-state index is 0.694. The first-order chi connectivity index (χ1) is 22.8. The van der Waals surface area contributed by atoms with Gasteiger partial charge in [0.2, 0.25) is 0 Å². The Balaban J connectivity index is 2.01. The van der Waals surface area contributed by atoms with Gasteiger partial charge in [-0.05, 0) is 37.8 Å². The van der Waals surface area contributed by atoms with Gasteiger partial charge in [0.15, 0.2) is 0 Å². The maximum atomic E-state index is 6.77. The molecule has 0 saturated carbocycles. The van der Waals surface area contributed by atoms with Gasteiger partial charge in [-0.15, -0.1) is 0 Å². The van der Waals surface area contributed by atoms with E-state index in [0.717, 1.165) is 70.2 Å². The molecule has 0 amide bonds. The topological polar surface area (TPSA) is 36.9 Å². The van der Waals surface area contributed by atoms with Crippen LogP contribution in [0.4, 0.5) is 0 Å². The van der Waals surface area contributed by atoms with Gasteiger partial charge in [-0.25, -0.2) is 0 Å². The van der Waals surface area contributed by atoms with E-state index >= 15 is 0 Å². The molecule has 258 valence electrons. The summed E-state index contributed by atoms with van der Waals surface area (Å²) in [6.07, 6.45) is 24.2. The lowest BCUT2D eigenvalue weighted by molar-refractivity contribution is 0.294. The van der Waals surface area contributed by atoms with Gasteiger partial charge < -0.3 is 18.9 Å². The van der Waals surface area contributed by atoms with Crippen LogP contribution in [0.3, 0.4) is 0 Å². The standard InChI is InChI=1S/C42H66O4/c1-5-9-13-17-21-31-43-37-29-25-27-35-39(37)41(45-33-23-19-15-11-7-3)36-28-26-30-38(44-32-22-18-14-10-6-2)40(36)42(35)46-34-24-20-16-12-8-4/h25-30H,5-24,31-34H2,1-4H3. The Kier molecular flexibility index (Phi) is 19.5. The van der Waals surface area contributed by atoms with Crippen molar-refractivity contribution >= 4 is 21.5 Å². The Bertz CT molecular complexity index is 1120. The number of ether oxygens (including phenoxy) is 4. The summed E-state index contributed by atoms with van der Waals surface area (Å²) in [5.74, 6) is 3.60. The summed E-state index contributed by atoms with van der Waals surface area (Å²) < 4.78 is 26.6. The lowest BCUT2D eigenvalue weighted by Crippen LogP contribution is -2.06. The van der Waals surface area contributed by atoms with Crippen LogP contribution >= 0.6 is 0 Å². The van der Waals surface area contributed by atoms with Crippen LogP contribution < -0.4 is 18.9 Å². The van der Waals surface area contributed by atoms with Gasteiger partial charge in [0.05, 0.1) is 37.2 Å². The SMILES string of the molecule is CCCCCCCOc1cccc2c(OCCCCCCC)c3c(OCCCCCCC)cccc3c(OCCCCCCC)c12. The van der Waals surface area contributed by atoms with E-state index in [1.54, 1.807) is 0 Å². The molecule has 0 bridgehead atoms. The van der Waals surface area contributed by atoms with Crippen LogP contribution in [0.5, 0.6) is 23.0 Å². The van der Waals surface area contributed by atoms with Crippen molar-refractivity contribution in [1.82, 2.24) is 0 Å². The van der Waals surface area contributed by atoms with Gasteiger partial charge >= 0.3 is 0 Å². The second-order valence-corrected chi connectivity index (χ2v) is 13.1. The molecule has 0 atom stereocenters. The van der Waals surface area contributed by atoms with Crippen LogP contribution in [0.2, 0.25) is 0 Å². The molecule has 46 heavy (non-hydrogen) atoms. The maximum Gasteiger partial charge on any atom is 0.139 e. The van der Waals surface area contributed by atoms with E-state index in [-0.39, 0.29) is 0 Å². The van der Waals surface area contributed by atoms with E-state index in [9.17, 15) is 0 Å². The van der Waals surface area contributed by atoms with Crippen molar-refractivity contribution in [3.8, 4) is 23.0 Å². The summed E-state index contributed by atoms with van der Waals surface area (Å²) in [6.45, 7) is 11.9. The van der Waals surface area contributed by atoms with Crippen molar-refractivity contribution < 1.29 is 18.9 Å². The van der Waals surface area contributed by atoms with Gasteiger partial charge in [0.1, 0.15) is 23.0 Å².